The third kappa shape index (κ3) is 4.25. The second-order valence-electron chi connectivity index (χ2n) is 3.34. The minimum absolute atomic E-state index is 0.0499. The molecule has 0 saturated carbocycles. The van der Waals surface area contributed by atoms with Crippen molar-refractivity contribution >= 4 is 29.1 Å². The van der Waals surface area contributed by atoms with Gasteiger partial charge >= 0.3 is 0 Å². The lowest BCUT2D eigenvalue weighted by Gasteiger charge is -2.05. The van der Waals surface area contributed by atoms with Gasteiger partial charge in [-0.25, -0.2) is 0 Å². The van der Waals surface area contributed by atoms with Crippen LogP contribution in [0.3, 0.4) is 0 Å². The van der Waals surface area contributed by atoms with E-state index in [0.29, 0.717) is 16.6 Å². The van der Waals surface area contributed by atoms with Gasteiger partial charge in [-0.3, -0.25) is 4.79 Å². The lowest BCUT2D eigenvalue weighted by atomic mass is 10.1. The van der Waals surface area contributed by atoms with Crippen LogP contribution in [0.15, 0.2) is 30.9 Å². The number of rotatable bonds is 5. The molecule has 2 nitrogen and oxygen atoms in total. The van der Waals surface area contributed by atoms with Gasteiger partial charge in [0.1, 0.15) is 0 Å². The molecule has 0 spiro atoms. The molecule has 0 bridgehead atoms. The molecule has 0 unspecified atom stereocenters. The van der Waals surface area contributed by atoms with Crippen molar-refractivity contribution in [2.75, 3.05) is 6.54 Å². The van der Waals surface area contributed by atoms with E-state index >= 15 is 0 Å². The van der Waals surface area contributed by atoms with Crippen LogP contribution in [-0.4, -0.2) is 12.5 Å². The Hall–Kier alpha value is -0.990. The van der Waals surface area contributed by atoms with E-state index in [9.17, 15) is 4.79 Å². The molecule has 1 N–H and O–H groups in total. The summed E-state index contributed by atoms with van der Waals surface area (Å²) in [6.45, 7) is 4.18. The summed E-state index contributed by atoms with van der Waals surface area (Å²) in [5.74, 6) is -0.0499. The van der Waals surface area contributed by atoms with Crippen molar-refractivity contribution in [3.05, 3.63) is 46.5 Å². The molecule has 0 fully saturated rings. The molecule has 0 aliphatic rings. The molecular weight excluding hydrogens is 245 g/mol. The number of benzene rings is 1. The van der Waals surface area contributed by atoms with E-state index in [1.165, 1.54) is 0 Å². The standard InChI is InChI=1S/C12H13Cl2NO/c1-2-3-6-15-12(16)7-9-4-5-10(13)8-11(9)14/h2,4-5,8H,1,3,6-7H2,(H,15,16). The maximum atomic E-state index is 11.5. The summed E-state index contributed by atoms with van der Waals surface area (Å²) >= 11 is 11.7. The van der Waals surface area contributed by atoms with Crippen LogP contribution in [0.4, 0.5) is 0 Å². The summed E-state index contributed by atoms with van der Waals surface area (Å²) < 4.78 is 0. The van der Waals surface area contributed by atoms with Crippen molar-refractivity contribution in [2.24, 2.45) is 0 Å². The Morgan fingerprint density at radius 1 is 1.44 bits per heavy atom. The maximum absolute atomic E-state index is 11.5. The Labute approximate surface area is 105 Å². The first-order valence-electron chi connectivity index (χ1n) is 4.95. The molecule has 1 aromatic carbocycles. The molecule has 1 aromatic rings. The van der Waals surface area contributed by atoms with Gasteiger partial charge in [-0.05, 0) is 24.1 Å². The number of hydrogen-bond acceptors (Lipinski definition) is 1. The van der Waals surface area contributed by atoms with Crippen LogP contribution in [0, 0.1) is 0 Å². The Balaban J connectivity index is 2.52. The van der Waals surface area contributed by atoms with E-state index in [4.69, 9.17) is 23.2 Å². The zero-order chi connectivity index (χ0) is 12.0. The van der Waals surface area contributed by atoms with Gasteiger partial charge in [-0.1, -0.05) is 35.3 Å². The Morgan fingerprint density at radius 2 is 2.19 bits per heavy atom. The SMILES string of the molecule is C=CCCNC(=O)Cc1ccc(Cl)cc1Cl. The van der Waals surface area contributed by atoms with E-state index in [2.05, 4.69) is 11.9 Å². The quantitative estimate of drug-likeness (QED) is 0.637. The van der Waals surface area contributed by atoms with Gasteiger partial charge < -0.3 is 5.32 Å². The molecule has 1 amide bonds. The number of halogens is 2. The van der Waals surface area contributed by atoms with Gasteiger partial charge in [-0.15, -0.1) is 6.58 Å². The Kier molecular flexibility index (Phi) is 5.36. The van der Waals surface area contributed by atoms with Crippen molar-refractivity contribution in [3.63, 3.8) is 0 Å². The lowest BCUT2D eigenvalue weighted by Crippen LogP contribution is -2.25. The van der Waals surface area contributed by atoms with Crippen molar-refractivity contribution in [1.29, 1.82) is 0 Å². The Bertz CT molecular complexity index is 391. The zero-order valence-electron chi connectivity index (χ0n) is 8.80. The van der Waals surface area contributed by atoms with Crippen LogP contribution < -0.4 is 5.32 Å². The van der Waals surface area contributed by atoms with Gasteiger partial charge in [0, 0.05) is 16.6 Å². The number of carbonyl (C=O) groups is 1. The van der Waals surface area contributed by atoms with Crippen molar-refractivity contribution < 1.29 is 4.79 Å². The molecule has 0 radical (unpaired) electrons. The summed E-state index contributed by atoms with van der Waals surface area (Å²) in [6.07, 6.45) is 2.79. The van der Waals surface area contributed by atoms with E-state index in [-0.39, 0.29) is 12.3 Å². The predicted molar refractivity (Wildman–Crippen MR) is 68.0 cm³/mol. The first kappa shape index (κ1) is 13.1. The number of amides is 1. The molecular formula is C12H13Cl2NO. The van der Waals surface area contributed by atoms with Crippen molar-refractivity contribution in [1.82, 2.24) is 5.32 Å². The molecule has 1 rings (SSSR count). The van der Waals surface area contributed by atoms with E-state index < -0.39 is 0 Å². The van der Waals surface area contributed by atoms with Gasteiger partial charge in [0.05, 0.1) is 6.42 Å². The minimum atomic E-state index is -0.0499. The molecule has 0 aromatic heterocycles. The van der Waals surface area contributed by atoms with E-state index in [1.807, 2.05) is 0 Å². The van der Waals surface area contributed by atoms with Gasteiger partial charge in [0.15, 0.2) is 0 Å². The highest BCUT2D eigenvalue weighted by Crippen LogP contribution is 2.21. The number of carbonyl (C=O) groups excluding carboxylic acids is 1. The fraction of sp³-hybridized carbons (Fsp3) is 0.250. The van der Waals surface area contributed by atoms with Crippen LogP contribution in [0.5, 0.6) is 0 Å². The van der Waals surface area contributed by atoms with E-state index in [1.54, 1.807) is 24.3 Å². The smallest absolute Gasteiger partial charge is 0.224 e. The second-order valence-corrected chi connectivity index (χ2v) is 4.18. The molecule has 16 heavy (non-hydrogen) atoms. The summed E-state index contributed by atoms with van der Waals surface area (Å²) in [7, 11) is 0. The van der Waals surface area contributed by atoms with Crippen molar-refractivity contribution in [2.45, 2.75) is 12.8 Å². The molecule has 0 saturated heterocycles. The zero-order valence-corrected chi connectivity index (χ0v) is 10.3. The predicted octanol–water partition coefficient (Wildman–Crippen LogP) is 3.23. The fourth-order valence-electron chi connectivity index (χ4n) is 1.21. The summed E-state index contributed by atoms with van der Waals surface area (Å²) in [6, 6.07) is 5.12. The van der Waals surface area contributed by atoms with Gasteiger partial charge in [0.25, 0.3) is 0 Å². The molecule has 0 heterocycles. The summed E-state index contributed by atoms with van der Waals surface area (Å²) in [4.78, 5) is 11.5. The third-order valence-corrected chi connectivity index (χ3v) is 2.62. The van der Waals surface area contributed by atoms with Crippen LogP contribution in [-0.2, 0) is 11.2 Å². The topological polar surface area (TPSA) is 29.1 Å². The number of hydrogen-bond donors (Lipinski definition) is 1. The molecule has 0 aliphatic heterocycles. The summed E-state index contributed by atoms with van der Waals surface area (Å²) in [5.41, 5.74) is 0.780. The highest BCUT2D eigenvalue weighted by Gasteiger charge is 2.06. The largest absolute Gasteiger partial charge is 0.356 e. The molecule has 0 aliphatic carbocycles. The molecule has 86 valence electrons. The van der Waals surface area contributed by atoms with Crippen LogP contribution >= 0.6 is 23.2 Å². The monoisotopic (exact) mass is 257 g/mol. The van der Waals surface area contributed by atoms with Crippen molar-refractivity contribution in [3.8, 4) is 0 Å². The fourth-order valence-corrected chi connectivity index (χ4v) is 1.69. The van der Waals surface area contributed by atoms with Crippen LogP contribution in [0.25, 0.3) is 0 Å². The van der Waals surface area contributed by atoms with Gasteiger partial charge in [-0.2, -0.15) is 0 Å². The second kappa shape index (κ2) is 6.56. The van der Waals surface area contributed by atoms with Crippen LogP contribution in [0.1, 0.15) is 12.0 Å². The summed E-state index contributed by atoms with van der Waals surface area (Å²) in [5, 5.41) is 3.86. The first-order valence-corrected chi connectivity index (χ1v) is 5.70. The minimum Gasteiger partial charge on any atom is -0.356 e. The molecule has 0 atom stereocenters. The first-order chi connectivity index (χ1) is 7.63. The van der Waals surface area contributed by atoms with Gasteiger partial charge in [0.2, 0.25) is 5.91 Å². The van der Waals surface area contributed by atoms with Crippen LogP contribution in [0.2, 0.25) is 10.0 Å². The average Bonchev–Trinajstić information content (AvgIpc) is 2.23. The maximum Gasteiger partial charge on any atom is 0.224 e. The molecule has 4 heteroatoms. The Morgan fingerprint density at radius 3 is 2.81 bits per heavy atom. The lowest BCUT2D eigenvalue weighted by molar-refractivity contribution is -0.120. The normalized spacial score (nSPS) is 9.88. The van der Waals surface area contributed by atoms with E-state index in [0.717, 1.165) is 12.0 Å². The highest BCUT2D eigenvalue weighted by atomic mass is 35.5. The average molecular weight is 258 g/mol. The third-order valence-electron chi connectivity index (χ3n) is 2.04. The highest BCUT2D eigenvalue weighted by molar-refractivity contribution is 6.35. The number of nitrogens with one attached hydrogen (secondary N) is 1.